The van der Waals surface area contributed by atoms with Gasteiger partial charge in [0.25, 0.3) is 0 Å². The number of hydrogen-bond donors (Lipinski definition) is 0. The fourth-order valence-corrected chi connectivity index (χ4v) is 2.00. The number of carbonyl (C=O) groups is 1. The Morgan fingerprint density at radius 2 is 1.79 bits per heavy atom. The Balaban J connectivity index is 2.41. The van der Waals surface area contributed by atoms with Crippen LogP contribution in [0.2, 0.25) is 0 Å². The molecule has 0 aromatic heterocycles. The Kier molecular flexibility index (Phi) is 9.28. The van der Waals surface area contributed by atoms with Gasteiger partial charge in [-0.2, -0.15) is 0 Å². The maximum absolute atomic E-state index is 11.3. The number of rotatable bonds is 9. The highest BCUT2D eigenvalue weighted by atomic mass is 16.5. The molecule has 0 atom stereocenters. The van der Waals surface area contributed by atoms with Gasteiger partial charge in [0.2, 0.25) is 0 Å². The van der Waals surface area contributed by atoms with Crippen molar-refractivity contribution in [3.63, 3.8) is 0 Å². The van der Waals surface area contributed by atoms with Crippen LogP contribution in [-0.2, 0) is 9.53 Å². The van der Waals surface area contributed by atoms with E-state index in [2.05, 4.69) is 32.9 Å². The molecule has 1 aromatic rings. The van der Waals surface area contributed by atoms with Gasteiger partial charge in [0, 0.05) is 6.08 Å². The van der Waals surface area contributed by atoms with E-state index < -0.39 is 0 Å². The van der Waals surface area contributed by atoms with Crippen LogP contribution in [0.4, 0.5) is 0 Å². The van der Waals surface area contributed by atoms with Crippen LogP contribution in [0.25, 0.3) is 6.08 Å². The third-order valence-corrected chi connectivity index (χ3v) is 3.35. The minimum absolute atomic E-state index is 0.327. The lowest BCUT2D eigenvalue weighted by atomic mass is 10.1. The van der Waals surface area contributed by atoms with Crippen molar-refractivity contribution in [2.45, 2.75) is 40.5 Å². The maximum Gasteiger partial charge on any atom is 0.330 e. The summed E-state index contributed by atoms with van der Waals surface area (Å²) in [6.45, 7) is 9.11. The Hall–Kier alpha value is -2.29. The van der Waals surface area contributed by atoms with Gasteiger partial charge < -0.3 is 9.47 Å². The summed E-state index contributed by atoms with van der Waals surface area (Å²) in [7, 11) is 0. The number of allylic oxidation sites excluding steroid dienone is 3. The zero-order valence-corrected chi connectivity index (χ0v) is 15.2. The van der Waals surface area contributed by atoms with Crippen molar-refractivity contribution in [2.75, 3.05) is 13.2 Å². The van der Waals surface area contributed by atoms with Crippen LogP contribution in [0.15, 0.2) is 53.6 Å². The Morgan fingerprint density at radius 1 is 1.08 bits per heavy atom. The Bertz CT molecular complexity index is 588. The monoisotopic (exact) mass is 328 g/mol. The number of esters is 1. The number of carbonyl (C=O) groups excluding carboxylic acids is 1. The molecule has 0 fully saturated rings. The highest BCUT2D eigenvalue weighted by molar-refractivity contribution is 5.87. The molecule has 0 saturated heterocycles. The first-order valence-electron chi connectivity index (χ1n) is 8.38. The molecule has 0 amide bonds. The zero-order chi connectivity index (χ0) is 17.8. The van der Waals surface area contributed by atoms with Gasteiger partial charge >= 0.3 is 5.97 Å². The molecule has 1 aromatic carbocycles. The number of ether oxygens (including phenoxy) is 2. The molecule has 0 aliphatic heterocycles. The van der Waals surface area contributed by atoms with Crippen molar-refractivity contribution in [1.82, 2.24) is 0 Å². The largest absolute Gasteiger partial charge is 0.490 e. The molecule has 0 spiro atoms. The van der Waals surface area contributed by atoms with Crippen molar-refractivity contribution >= 4 is 12.0 Å². The minimum atomic E-state index is -0.327. The first-order valence-corrected chi connectivity index (χ1v) is 8.38. The summed E-state index contributed by atoms with van der Waals surface area (Å²) in [5, 5.41) is 0. The van der Waals surface area contributed by atoms with E-state index in [4.69, 9.17) is 9.47 Å². The molecule has 0 aliphatic rings. The third kappa shape index (κ3) is 8.99. The lowest BCUT2D eigenvalue weighted by Gasteiger charge is -2.05. The van der Waals surface area contributed by atoms with Gasteiger partial charge in [-0.1, -0.05) is 29.4 Å². The SMILES string of the molecule is CCOC(=O)/C=C/c1ccc(OC/C=C(\C)CCC=C(C)C)cc1. The van der Waals surface area contributed by atoms with Gasteiger partial charge in [-0.15, -0.1) is 0 Å². The average molecular weight is 328 g/mol. The van der Waals surface area contributed by atoms with Crippen molar-refractivity contribution < 1.29 is 14.3 Å². The minimum Gasteiger partial charge on any atom is -0.490 e. The second-order valence-electron chi connectivity index (χ2n) is 5.84. The van der Waals surface area contributed by atoms with E-state index in [1.54, 1.807) is 13.0 Å². The van der Waals surface area contributed by atoms with E-state index >= 15 is 0 Å². The van der Waals surface area contributed by atoms with Crippen LogP contribution in [0.3, 0.4) is 0 Å². The molecule has 1 rings (SSSR count). The predicted molar refractivity (Wildman–Crippen MR) is 100 cm³/mol. The molecule has 0 heterocycles. The summed E-state index contributed by atoms with van der Waals surface area (Å²) in [5.74, 6) is 0.489. The fraction of sp³-hybridized carbons (Fsp3) is 0.381. The summed E-state index contributed by atoms with van der Waals surface area (Å²) >= 11 is 0. The normalized spacial score (nSPS) is 11.4. The second kappa shape index (κ2) is 11.3. The van der Waals surface area contributed by atoms with Crippen LogP contribution in [-0.4, -0.2) is 19.2 Å². The molecule has 130 valence electrons. The van der Waals surface area contributed by atoms with Crippen molar-refractivity contribution in [3.05, 3.63) is 59.2 Å². The molecule has 0 N–H and O–H groups in total. The molecule has 0 radical (unpaired) electrons. The van der Waals surface area contributed by atoms with Gasteiger partial charge in [-0.3, -0.25) is 0 Å². The number of hydrogen-bond acceptors (Lipinski definition) is 3. The zero-order valence-electron chi connectivity index (χ0n) is 15.2. The van der Waals surface area contributed by atoms with Crippen LogP contribution in [0.1, 0.15) is 46.1 Å². The van der Waals surface area contributed by atoms with Gasteiger partial charge in [0.1, 0.15) is 12.4 Å². The van der Waals surface area contributed by atoms with E-state index in [0.29, 0.717) is 13.2 Å². The molecular weight excluding hydrogens is 300 g/mol. The van der Waals surface area contributed by atoms with Crippen molar-refractivity contribution in [3.8, 4) is 5.75 Å². The second-order valence-corrected chi connectivity index (χ2v) is 5.84. The summed E-state index contributed by atoms with van der Waals surface area (Å²) in [6.07, 6.45) is 9.67. The van der Waals surface area contributed by atoms with Gasteiger partial charge in [-0.05, 0) is 70.4 Å². The summed E-state index contributed by atoms with van der Waals surface area (Å²) in [6, 6.07) is 7.63. The third-order valence-electron chi connectivity index (χ3n) is 3.35. The standard InChI is InChI=1S/C21H28O3/c1-5-23-21(22)14-11-19-9-12-20(13-10-19)24-16-15-18(4)8-6-7-17(2)3/h7,9-15H,5-6,8,16H2,1-4H3/b14-11+,18-15+. The number of benzene rings is 1. The smallest absolute Gasteiger partial charge is 0.330 e. The average Bonchev–Trinajstić information content (AvgIpc) is 2.54. The molecule has 0 aliphatic carbocycles. The van der Waals surface area contributed by atoms with E-state index in [1.807, 2.05) is 24.3 Å². The Morgan fingerprint density at radius 3 is 2.42 bits per heavy atom. The van der Waals surface area contributed by atoms with Crippen LogP contribution in [0, 0.1) is 0 Å². The molecule has 3 heteroatoms. The fourth-order valence-electron chi connectivity index (χ4n) is 2.00. The molecule has 0 bridgehead atoms. The summed E-state index contributed by atoms with van der Waals surface area (Å²) in [5.41, 5.74) is 3.63. The van der Waals surface area contributed by atoms with Gasteiger partial charge in [0.05, 0.1) is 6.61 Å². The first-order chi connectivity index (χ1) is 11.5. The summed E-state index contributed by atoms with van der Waals surface area (Å²) < 4.78 is 10.6. The van der Waals surface area contributed by atoms with E-state index in [0.717, 1.165) is 24.2 Å². The Labute approximate surface area is 145 Å². The molecule has 3 nitrogen and oxygen atoms in total. The maximum atomic E-state index is 11.3. The van der Waals surface area contributed by atoms with Crippen molar-refractivity contribution in [2.24, 2.45) is 0 Å². The van der Waals surface area contributed by atoms with Gasteiger partial charge in [-0.25, -0.2) is 4.79 Å². The quantitative estimate of drug-likeness (QED) is 0.349. The van der Waals surface area contributed by atoms with Crippen molar-refractivity contribution in [1.29, 1.82) is 0 Å². The summed E-state index contributed by atoms with van der Waals surface area (Å²) in [4.78, 5) is 11.3. The lowest BCUT2D eigenvalue weighted by molar-refractivity contribution is -0.137. The highest BCUT2D eigenvalue weighted by Gasteiger charge is 1.96. The topological polar surface area (TPSA) is 35.5 Å². The molecule has 0 unspecified atom stereocenters. The molecule has 24 heavy (non-hydrogen) atoms. The van der Waals surface area contributed by atoms with E-state index in [9.17, 15) is 4.79 Å². The van der Waals surface area contributed by atoms with Gasteiger partial charge in [0.15, 0.2) is 0 Å². The van der Waals surface area contributed by atoms with E-state index in [-0.39, 0.29) is 5.97 Å². The van der Waals surface area contributed by atoms with E-state index in [1.165, 1.54) is 17.2 Å². The highest BCUT2D eigenvalue weighted by Crippen LogP contribution is 2.14. The van der Waals surface area contributed by atoms with Crippen LogP contribution < -0.4 is 4.74 Å². The molecular formula is C21H28O3. The lowest BCUT2D eigenvalue weighted by Crippen LogP contribution is -1.98. The molecule has 0 saturated carbocycles. The predicted octanol–water partition coefficient (Wildman–Crippen LogP) is 5.33. The van der Waals surface area contributed by atoms with Crippen LogP contribution >= 0.6 is 0 Å². The van der Waals surface area contributed by atoms with Crippen LogP contribution in [0.5, 0.6) is 5.75 Å². The first kappa shape index (κ1) is 19.8.